The first-order chi connectivity index (χ1) is 10.2. The molecule has 0 spiro atoms. The van der Waals surface area contributed by atoms with Crippen molar-refractivity contribution in [2.75, 3.05) is 5.73 Å². The van der Waals surface area contributed by atoms with Crippen molar-refractivity contribution in [1.82, 2.24) is 10.2 Å². The highest BCUT2D eigenvalue weighted by Gasteiger charge is 2.10. The molecule has 0 bridgehead atoms. The van der Waals surface area contributed by atoms with Crippen LogP contribution in [0.15, 0.2) is 42.5 Å². The van der Waals surface area contributed by atoms with Gasteiger partial charge in [-0.3, -0.25) is 0 Å². The summed E-state index contributed by atoms with van der Waals surface area (Å²) < 4.78 is 5.88. The van der Waals surface area contributed by atoms with Crippen LogP contribution in [0.1, 0.15) is 18.2 Å². The van der Waals surface area contributed by atoms with E-state index in [2.05, 4.69) is 17.1 Å². The molecule has 4 nitrogen and oxygen atoms in total. The van der Waals surface area contributed by atoms with Crippen LogP contribution in [0.5, 0.6) is 11.6 Å². The van der Waals surface area contributed by atoms with Gasteiger partial charge in [0.2, 0.25) is 5.88 Å². The van der Waals surface area contributed by atoms with E-state index in [0.717, 1.165) is 22.9 Å². The van der Waals surface area contributed by atoms with Crippen LogP contribution < -0.4 is 10.5 Å². The van der Waals surface area contributed by atoms with Gasteiger partial charge in [-0.15, -0.1) is 5.10 Å². The third-order valence-electron chi connectivity index (χ3n) is 3.53. The number of aryl methyl sites for hydroxylation is 2. The Morgan fingerprint density at radius 2 is 1.81 bits per heavy atom. The van der Waals surface area contributed by atoms with E-state index in [-0.39, 0.29) is 0 Å². The van der Waals surface area contributed by atoms with Gasteiger partial charge in [-0.05, 0) is 37.1 Å². The first-order valence-corrected chi connectivity index (χ1v) is 6.97. The Bertz CT molecular complexity index is 799. The van der Waals surface area contributed by atoms with Gasteiger partial charge in [0.05, 0.1) is 11.4 Å². The molecule has 0 radical (unpaired) electrons. The lowest BCUT2D eigenvalue weighted by Crippen LogP contribution is -1.98. The van der Waals surface area contributed by atoms with Gasteiger partial charge in [0.1, 0.15) is 0 Å². The molecule has 0 fully saturated rings. The second-order valence-corrected chi connectivity index (χ2v) is 4.96. The smallest absolute Gasteiger partial charge is 0.246 e. The molecule has 3 aromatic rings. The molecule has 0 amide bonds. The second kappa shape index (κ2) is 5.40. The fourth-order valence-electron chi connectivity index (χ4n) is 2.30. The van der Waals surface area contributed by atoms with E-state index < -0.39 is 0 Å². The number of nitrogen functional groups attached to an aromatic ring is 1. The number of nitrogens with two attached hydrogens (primary N) is 1. The molecule has 1 heterocycles. The maximum Gasteiger partial charge on any atom is 0.246 e. The van der Waals surface area contributed by atoms with Gasteiger partial charge in [-0.1, -0.05) is 31.2 Å². The summed E-state index contributed by atoms with van der Waals surface area (Å²) in [7, 11) is 0. The van der Waals surface area contributed by atoms with Crippen molar-refractivity contribution in [2.24, 2.45) is 0 Å². The van der Waals surface area contributed by atoms with E-state index in [9.17, 15) is 0 Å². The number of ether oxygens (including phenoxy) is 1. The Labute approximate surface area is 123 Å². The molecule has 0 aliphatic rings. The van der Waals surface area contributed by atoms with Crippen LogP contribution >= 0.6 is 0 Å². The van der Waals surface area contributed by atoms with Crippen LogP contribution in [-0.2, 0) is 6.42 Å². The molecule has 0 aliphatic heterocycles. The summed E-state index contributed by atoms with van der Waals surface area (Å²) in [5.74, 6) is 1.09. The zero-order valence-corrected chi connectivity index (χ0v) is 12.1. The summed E-state index contributed by atoms with van der Waals surface area (Å²) in [5, 5.41) is 10.3. The Kier molecular flexibility index (Phi) is 3.44. The van der Waals surface area contributed by atoms with Crippen molar-refractivity contribution in [2.45, 2.75) is 20.3 Å². The van der Waals surface area contributed by atoms with Gasteiger partial charge in [0, 0.05) is 10.8 Å². The van der Waals surface area contributed by atoms with E-state index in [1.165, 1.54) is 5.56 Å². The van der Waals surface area contributed by atoms with Crippen molar-refractivity contribution in [3.8, 4) is 11.6 Å². The van der Waals surface area contributed by atoms with Gasteiger partial charge in [0.25, 0.3) is 0 Å². The third kappa shape index (κ3) is 2.52. The van der Waals surface area contributed by atoms with Crippen LogP contribution in [0.2, 0.25) is 0 Å². The standard InChI is InChI=1S/C17H17N3O/c1-3-12-8-9-16(15(18)10-12)21-17-14-7-5-4-6-13(14)11(2)19-20-17/h4-10H,3,18H2,1-2H3. The van der Waals surface area contributed by atoms with Gasteiger partial charge < -0.3 is 10.5 Å². The number of anilines is 1. The Morgan fingerprint density at radius 3 is 2.52 bits per heavy atom. The van der Waals surface area contributed by atoms with Crippen LogP contribution in [0.4, 0.5) is 5.69 Å². The highest BCUT2D eigenvalue weighted by molar-refractivity contribution is 5.88. The summed E-state index contributed by atoms with van der Waals surface area (Å²) >= 11 is 0. The number of fused-ring (bicyclic) bond motifs is 1. The van der Waals surface area contributed by atoms with E-state index in [1.807, 2.05) is 49.4 Å². The van der Waals surface area contributed by atoms with Crippen molar-refractivity contribution < 1.29 is 4.74 Å². The predicted molar refractivity (Wildman–Crippen MR) is 84.6 cm³/mol. The molecule has 21 heavy (non-hydrogen) atoms. The van der Waals surface area contributed by atoms with Gasteiger partial charge >= 0.3 is 0 Å². The summed E-state index contributed by atoms with van der Waals surface area (Å²) in [5.41, 5.74) is 8.72. The number of hydrogen-bond acceptors (Lipinski definition) is 4. The van der Waals surface area contributed by atoms with Crippen LogP contribution in [-0.4, -0.2) is 10.2 Å². The van der Waals surface area contributed by atoms with Crippen molar-refractivity contribution in [3.05, 3.63) is 53.7 Å². The van der Waals surface area contributed by atoms with Crippen LogP contribution in [0.3, 0.4) is 0 Å². The molecule has 0 saturated heterocycles. The number of nitrogens with zero attached hydrogens (tertiary/aromatic N) is 2. The normalized spacial score (nSPS) is 10.8. The van der Waals surface area contributed by atoms with Crippen LogP contribution in [0, 0.1) is 6.92 Å². The van der Waals surface area contributed by atoms with Gasteiger partial charge in [-0.25, -0.2) is 0 Å². The van der Waals surface area contributed by atoms with Gasteiger partial charge in [-0.2, -0.15) is 5.10 Å². The molecule has 2 N–H and O–H groups in total. The fourth-order valence-corrected chi connectivity index (χ4v) is 2.30. The molecule has 0 unspecified atom stereocenters. The molecule has 0 saturated carbocycles. The lowest BCUT2D eigenvalue weighted by molar-refractivity contribution is 0.463. The molecular formula is C17H17N3O. The largest absolute Gasteiger partial charge is 0.435 e. The molecule has 0 aliphatic carbocycles. The average molecular weight is 279 g/mol. The zero-order valence-electron chi connectivity index (χ0n) is 12.1. The molecule has 0 atom stereocenters. The minimum Gasteiger partial charge on any atom is -0.435 e. The molecule has 4 heteroatoms. The predicted octanol–water partition coefficient (Wildman–Crippen LogP) is 3.88. The Balaban J connectivity index is 2.04. The first-order valence-electron chi connectivity index (χ1n) is 6.97. The number of hydrogen-bond donors (Lipinski definition) is 1. The number of aromatic nitrogens is 2. The van der Waals surface area contributed by atoms with E-state index in [4.69, 9.17) is 10.5 Å². The lowest BCUT2D eigenvalue weighted by Gasteiger charge is -2.11. The van der Waals surface area contributed by atoms with E-state index in [0.29, 0.717) is 17.3 Å². The molecule has 3 rings (SSSR count). The minimum atomic E-state index is 0.479. The first kappa shape index (κ1) is 13.4. The topological polar surface area (TPSA) is 61.0 Å². The summed E-state index contributed by atoms with van der Waals surface area (Å²) in [6, 6.07) is 13.7. The quantitative estimate of drug-likeness (QED) is 0.739. The highest BCUT2D eigenvalue weighted by atomic mass is 16.5. The van der Waals surface area contributed by atoms with E-state index in [1.54, 1.807) is 0 Å². The maximum atomic E-state index is 6.05. The van der Waals surface area contributed by atoms with E-state index >= 15 is 0 Å². The van der Waals surface area contributed by atoms with Crippen LogP contribution in [0.25, 0.3) is 10.8 Å². The average Bonchev–Trinajstić information content (AvgIpc) is 2.52. The third-order valence-corrected chi connectivity index (χ3v) is 3.53. The SMILES string of the molecule is CCc1ccc(Oc2nnc(C)c3ccccc23)c(N)c1. The lowest BCUT2D eigenvalue weighted by atomic mass is 10.1. The molecule has 106 valence electrons. The summed E-state index contributed by atoms with van der Waals surface area (Å²) in [6.07, 6.45) is 0.942. The molecular weight excluding hydrogens is 262 g/mol. The highest BCUT2D eigenvalue weighted by Crippen LogP contribution is 2.31. The Hall–Kier alpha value is -2.62. The number of rotatable bonds is 3. The van der Waals surface area contributed by atoms with Gasteiger partial charge in [0.15, 0.2) is 5.75 Å². The molecule has 1 aromatic heterocycles. The fraction of sp³-hybridized carbons (Fsp3) is 0.176. The maximum absolute atomic E-state index is 6.05. The van der Waals surface area contributed by atoms with Crippen molar-refractivity contribution >= 4 is 16.5 Å². The molecule has 2 aromatic carbocycles. The second-order valence-electron chi connectivity index (χ2n) is 4.96. The Morgan fingerprint density at radius 1 is 1.05 bits per heavy atom. The summed E-state index contributed by atoms with van der Waals surface area (Å²) in [4.78, 5) is 0. The monoisotopic (exact) mass is 279 g/mol. The summed E-state index contributed by atoms with van der Waals surface area (Å²) in [6.45, 7) is 4.03. The number of benzene rings is 2. The van der Waals surface area contributed by atoms with Crippen molar-refractivity contribution in [1.29, 1.82) is 0 Å². The minimum absolute atomic E-state index is 0.479. The zero-order chi connectivity index (χ0) is 14.8. The van der Waals surface area contributed by atoms with Crippen molar-refractivity contribution in [3.63, 3.8) is 0 Å².